The molecule has 5 heteroatoms. The average molecular weight is 340 g/mol. The van der Waals surface area contributed by atoms with Gasteiger partial charge in [0.2, 0.25) is 5.78 Å². The molecule has 2 unspecified atom stereocenters. The maximum Gasteiger partial charge on any atom is 0.343 e. The molecular weight excluding hydrogens is 320 g/mol. The first-order valence-electron chi connectivity index (χ1n) is 8.33. The molecule has 0 bridgehead atoms. The molecule has 0 radical (unpaired) electrons. The molecule has 0 fully saturated rings. The molecule has 2 atom stereocenters. The number of rotatable bonds is 4. The number of fused-ring (bicyclic) bond motifs is 2. The Morgan fingerprint density at radius 2 is 2.04 bits per heavy atom. The summed E-state index contributed by atoms with van der Waals surface area (Å²) in [6.07, 6.45) is 8.97. The summed E-state index contributed by atoms with van der Waals surface area (Å²) in [5, 5.41) is 0. The molecule has 0 aromatic heterocycles. The topological polar surface area (TPSA) is 69.7 Å². The van der Waals surface area contributed by atoms with Gasteiger partial charge in [-0.05, 0) is 44.1 Å². The molecule has 1 aliphatic carbocycles. The number of hydrogen-bond donors (Lipinski definition) is 0. The molecule has 25 heavy (non-hydrogen) atoms. The first kappa shape index (κ1) is 17.1. The third kappa shape index (κ3) is 2.51. The predicted molar refractivity (Wildman–Crippen MR) is 91.1 cm³/mol. The fourth-order valence-electron chi connectivity index (χ4n) is 3.11. The van der Waals surface area contributed by atoms with E-state index in [1.807, 2.05) is 19.9 Å². The Hall–Kier alpha value is -2.69. The average Bonchev–Trinajstić information content (AvgIpc) is 2.85. The van der Waals surface area contributed by atoms with Crippen LogP contribution in [0.4, 0.5) is 0 Å². The van der Waals surface area contributed by atoms with E-state index in [-0.39, 0.29) is 23.1 Å². The zero-order chi connectivity index (χ0) is 18.4. The van der Waals surface area contributed by atoms with Gasteiger partial charge < -0.3 is 9.47 Å². The summed E-state index contributed by atoms with van der Waals surface area (Å²) in [6.45, 7) is 7.03. The van der Waals surface area contributed by atoms with Crippen LogP contribution in [0.25, 0.3) is 0 Å². The highest BCUT2D eigenvalue weighted by molar-refractivity contribution is 6.25. The fraction of sp³-hybridized carbons (Fsp3) is 0.350. The molecule has 0 N–H and O–H groups in total. The van der Waals surface area contributed by atoms with Gasteiger partial charge >= 0.3 is 5.97 Å². The molecule has 0 aromatic carbocycles. The van der Waals surface area contributed by atoms with Crippen molar-refractivity contribution in [3.8, 4) is 0 Å². The van der Waals surface area contributed by atoms with Crippen LogP contribution < -0.4 is 0 Å². The summed E-state index contributed by atoms with van der Waals surface area (Å²) in [5.74, 6) is -1.13. The quantitative estimate of drug-likeness (QED) is 0.581. The number of ether oxygens (including phenoxy) is 2. The molecular formula is C20H20O5. The van der Waals surface area contributed by atoms with Crippen molar-refractivity contribution in [1.29, 1.82) is 0 Å². The minimum absolute atomic E-state index is 0.00998. The number of ketones is 2. The molecule has 0 aromatic rings. The van der Waals surface area contributed by atoms with Crippen LogP contribution in [0.15, 0.2) is 58.6 Å². The van der Waals surface area contributed by atoms with E-state index in [2.05, 4.69) is 0 Å². The zero-order valence-corrected chi connectivity index (χ0v) is 14.7. The third-order valence-electron chi connectivity index (χ3n) is 4.82. The van der Waals surface area contributed by atoms with E-state index in [1.165, 1.54) is 13.2 Å². The highest BCUT2D eigenvalue weighted by Crippen LogP contribution is 2.44. The van der Waals surface area contributed by atoms with Crippen molar-refractivity contribution >= 4 is 17.5 Å². The Balaban J connectivity index is 2.19. The van der Waals surface area contributed by atoms with Crippen LogP contribution >= 0.6 is 0 Å². The monoisotopic (exact) mass is 340 g/mol. The van der Waals surface area contributed by atoms with Gasteiger partial charge in [-0.25, -0.2) is 4.79 Å². The number of esters is 1. The van der Waals surface area contributed by atoms with Crippen molar-refractivity contribution < 1.29 is 23.9 Å². The van der Waals surface area contributed by atoms with E-state index in [4.69, 9.17) is 9.47 Å². The van der Waals surface area contributed by atoms with Gasteiger partial charge in [0.1, 0.15) is 17.6 Å². The van der Waals surface area contributed by atoms with Gasteiger partial charge in [-0.3, -0.25) is 9.59 Å². The summed E-state index contributed by atoms with van der Waals surface area (Å²) >= 11 is 0. The largest absolute Gasteiger partial charge is 0.464 e. The van der Waals surface area contributed by atoms with E-state index in [9.17, 15) is 14.4 Å². The Morgan fingerprint density at radius 1 is 1.32 bits per heavy atom. The van der Waals surface area contributed by atoms with Gasteiger partial charge in [0.15, 0.2) is 11.4 Å². The second-order valence-electron chi connectivity index (χ2n) is 6.51. The lowest BCUT2D eigenvalue weighted by atomic mass is 9.76. The normalized spacial score (nSPS) is 26.3. The molecule has 2 heterocycles. The van der Waals surface area contributed by atoms with E-state index >= 15 is 0 Å². The molecule has 3 aliphatic rings. The zero-order valence-electron chi connectivity index (χ0n) is 14.7. The number of carbonyl (C=O) groups excluding carboxylic acids is 3. The lowest BCUT2D eigenvalue weighted by Crippen LogP contribution is -2.41. The van der Waals surface area contributed by atoms with Gasteiger partial charge in [0.05, 0.1) is 5.57 Å². The van der Waals surface area contributed by atoms with Crippen molar-refractivity contribution in [2.45, 2.75) is 39.7 Å². The highest BCUT2D eigenvalue weighted by atomic mass is 16.6. The number of Topliss-reactive ketones (excluding diaryl/α,β-unsaturated/α-hetero) is 2. The molecule has 2 aliphatic heterocycles. The van der Waals surface area contributed by atoms with Crippen molar-refractivity contribution in [1.82, 2.24) is 0 Å². The molecule has 0 saturated heterocycles. The van der Waals surface area contributed by atoms with Crippen LogP contribution in [0.2, 0.25) is 0 Å². The van der Waals surface area contributed by atoms with E-state index in [0.717, 1.165) is 0 Å². The molecule has 0 saturated carbocycles. The summed E-state index contributed by atoms with van der Waals surface area (Å²) in [7, 11) is 0. The maximum absolute atomic E-state index is 12.9. The Bertz CT molecular complexity index is 834. The number of carbonyl (C=O) groups is 3. The van der Waals surface area contributed by atoms with Crippen LogP contribution in [-0.2, 0) is 23.9 Å². The lowest BCUT2D eigenvalue weighted by molar-refractivity contribution is -0.153. The van der Waals surface area contributed by atoms with E-state index < -0.39 is 11.6 Å². The first-order valence-corrected chi connectivity index (χ1v) is 8.33. The second-order valence-corrected chi connectivity index (χ2v) is 6.51. The Kier molecular flexibility index (Phi) is 4.11. The van der Waals surface area contributed by atoms with Crippen LogP contribution in [0.3, 0.4) is 0 Å². The minimum Gasteiger partial charge on any atom is -0.464 e. The molecule has 3 rings (SSSR count). The third-order valence-corrected chi connectivity index (χ3v) is 4.82. The Labute approximate surface area is 146 Å². The standard InChI is InChI=1S/C20H20O5/c1-5-7-13-8-12-9-15-16(17(21)11(3)6-2)19(23)25-20(15,4)18(22)14(12)10-24-13/h5,7-11H,6H2,1-4H3/b7-5+. The molecule has 130 valence electrons. The molecule has 5 nitrogen and oxygen atoms in total. The summed E-state index contributed by atoms with van der Waals surface area (Å²) in [5.41, 5.74) is -0.184. The van der Waals surface area contributed by atoms with Crippen LogP contribution in [0.1, 0.15) is 34.1 Å². The number of allylic oxidation sites excluding steroid dienone is 4. The van der Waals surface area contributed by atoms with E-state index in [1.54, 1.807) is 25.2 Å². The van der Waals surface area contributed by atoms with Gasteiger partial charge in [0.25, 0.3) is 0 Å². The maximum atomic E-state index is 12.9. The van der Waals surface area contributed by atoms with E-state index in [0.29, 0.717) is 28.9 Å². The number of hydrogen-bond acceptors (Lipinski definition) is 5. The fourth-order valence-corrected chi connectivity index (χ4v) is 3.11. The van der Waals surface area contributed by atoms with Gasteiger partial charge in [0, 0.05) is 11.5 Å². The Morgan fingerprint density at radius 3 is 2.68 bits per heavy atom. The summed E-state index contributed by atoms with van der Waals surface area (Å²) in [6, 6.07) is 0. The SMILES string of the molecule is C/C=C/C1=CC2=CC3=C(C(=O)C(C)CC)C(=O)OC3(C)C(=O)C2=CO1. The van der Waals surface area contributed by atoms with Crippen molar-refractivity contribution in [2.75, 3.05) is 0 Å². The van der Waals surface area contributed by atoms with Crippen LogP contribution in [0, 0.1) is 5.92 Å². The summed E-state index contributed by atoms with van der Waals surface area (Å²) < 4.78 is 10.8. The van der Waals surface area contributed by atoms with Gasteiger partial charge in [-0.1, -0.05) is 19.9 Å². The highest BCUT2D eigenvalue weighted by Gasteiger charge is 2.54. The predicted octanol–water partition coefficient (Wildman–Crippen LogP) is 3.10. The lowest BCUT2D eigenvalue weighted by Gasteiger charge is -2.30. The summed E-state index contributed by atoms with van der Waals surface area (Å²) in [4.78, 5) is 37.9. The smallest absolute Gasteiger partial charge is 0.343 e. The second kappa shape index (κ2) is 5.99. The van der Waals surface area contributed by atoms with Crippen molar-refractivity contribution in [3.63, 3.8) is 0 Å². The van der Waals surface area contributed by atoms with Crippen molar-refractivity contribution in [3.05, 3.63) is 58.6 Å². The first-order chi connectivity index (χ1) is 11.8. The van der Waals surface area contributed by atoms with Gasteiger partial charge in [-0.15, -0.1) is 0 Å². The van der Waals surface area contributed by atoms with Crippen LogP contribution in [0.5, 0.6) is 0 Å². The minimum atomic E-state index is -1.47. The van der Waals surface area contributed by atoms with Crippen LogP contribution in [-0.4, -0.2) is 23.1 Å². The molecule has 0 amide bonds. The molecule has 0 spiro atoms. The van der Waals surface area contributed by atoms with Crippen molar-refractivity contribution in [2.24, 2.45) is 5.92 Å². The van der Waals surface area contributed by atoms with Gasteiger partial charge in [-0.2, -0.15) is 0 Å².